The summed E-state index contributed by atoms with van der Waals surface area (Å²) in [7, 11) is 0. The average molecular weight is 638 g/mol. The molecule has 0 amide bonds. The van der Waals surface area contributed by atoms with E-state index in [9.17, 15) is 41.0 Å². The lowest BCUT2D eigenvalue weighted by molar-refractivity contribution is -0.274. The number of carbonyl (C=O) groups excluding carboxylic acids is 1. The van der Waals surface area contributed by atoms with E-state index in [0.717, 1.165) is 28.9 Å². The van der Waals surface area contributed by atoms with Crippen molar-refractivity contribution in [1.82, 2.24) is 24.8 Å². The quantitative estimate of drug-likeness (QED) is 0.268. The van der Waals surface area contributed by atoms with Gasteiger partial charge in [-0.3, -0.25) is 9.36 Å². The van der Waals surface area contributed by atoms with Gasteiger partial charge in [0.1, 0.15) is 6.17 Å². The minimum atomic E-state index is -5.09. The summed E-state index contributed by atoms with van der Waals surface area (Å²) < 4.78 is 89.3. The molecule has 0 bridgehead atoms. The SMILES string of the molecule is CC(=O)O[C@H](C)C1=NC(Cn2nc(-c3ccc(Cl)cc3)n(C[C@H](O)C(F)(F)F)c2=O)NN1c1ncccc1OC(F)(F)F. The van der Waals surface area contributed by atoms with Crippen LogP contribution in [0.2, 0.25) is 5.02 Å². The fraction of sp³-hybridized carbons (Fsp3) is 0.375. The molecular formula is C24H22ClF6N7O5. The van der Waals surface area contributed by atoms with Gasteiger partial charge in [-0.2, -0.15) is 13.2 Å². The molecule has 0 saturated carbocycles. The van der Waals surface area contributed by atoms with Crippen LogP contribution in [0.3, 0.4) is 0 Å². The molecule has 1 aliphatic heterocycles. The predicted octanol–water partition coefficient (Wildman–Crippen LogP) is 3.28. The number of rotatable bonds is 9. The zero-order chi connectivity index (χ0) is 31.7. The molecule has 3 aromatic rings. The van der Waals surface area contributed by atoms with Crippen molar-refractivity contribution < 1.29 is 45.7 Å². The van der Waals surface area contributed by atoms with E-state index in [-0.39, 0.29) is 17.2 Å². The molecule has 3 atom stereocenters. The van der Waals surface area contributed by atoms with Gasteiger partial charge in [0.15, 0.2) is 35.4 Å². The first kappa shape index (κ1) is 31.8. The molecule has 2 N–H and O–H groups in total. The number of hydrogen-bond donors (Lipinski definition) is 2. The molecule has 232 valence electrons. The Hall–Kier alpha value is -4.16. The van der Waals surface area contributed by atoms with Gasteiger partial charge in [-0.1, -0.05) is 11.6 Å². The highest BCUT2D eigenvalue weighted by molar-refractivity contribution is 6.30. The number of esters is 1. The predicted molar refractivity (Wildman–Crippen MR) is 138 cm³/mol. The molecular weight excluding hydrogens is 616 g/mol. The zero-order valence-corrected chi connectivity index (χ0v) is 22.9. The molecule has 12 nitrogen and oxygen atoms in total. The number of aliphatic hydroxyl groups excluding tert-OH is 1. The molecule has 1 aromatic carbocycles. The van der Waals surface area contributed by atoms with E-state index in [0.29, 0.717) is 9.59 Å². The van der Waals surface area contributed by atoms with Crippen molar-refractivity contribution in [2.45, 2.75) is 57.8 Å². The van der Waals surface area contributed by atoms with Gasteiger partial charge in [0.05, 0.1) is 13.1 Å². The Morgan fingerprint density at radius 2 is 1.84 bits per heavy atom. The summed E-state index contributed by atoms with van der Waals surface area (Å²) in [5.74, 6) is -2.27. The number of amidine groups is 1. The van der Waals surface area contributed by atoms with E-state index < -0.39 is 67.2 Å². The largest absolute Gasteiger partial charge is 0.573 e. The lowest BCUT2D eigenvalue weighted by atomic mass is 10.2. The summed E-state index contributed by atoms with van der Waals surface area (Å²) >= 11 is 5.90. The fourth-order valence-corrected chi connectivity index (χ4v) is 4.16. The Morgan fingerprint density at radius 1 is 1.16 bits per heavy atom. The number of benzene rings is 1. The third-order valence-electron chi connectivity index (χ3n) is 5.79. The Balaban J connectivity index is 1.73. The van der Waals surface area contributed by atoms with Crippen LogP contribution in [0, 0.1) is 0 Å². The van der Waals surface area contributed by atoms with Gasteiger partial charge >= 0.3 is 24.2 Å². The lowest BCUT2D eigenvalue weighted by Gasteiger charge is -2.25. The Kier molecular flexibility index (Phi) is 9.02. The highest BCUT2D eigenvalue weighted by Gasteiger charge is 2.40. The Bertz CT molecular complexity index is 1560. The first-order chi connectivity index (χ1) is 20.0. The second-order valence-corrected chi connectivity index (χ2v) is 9.49. The third kappa shape index (κ3) is 7.63. The number of aromatic nitrogens is 4. The van der Waals surface area contributed by atoms with Gasteiger partial charge in [0.25, 0.3) is 0 Å². The summed E-state index contributed by atoms with van der Waals surface area (Å²) in [6.07, 6.45) is -14.2. The van der Waals surface area contributed by atoms with Gasteiger partial charge in [-0.15, -0.1) is 18.3 Å². The molecule has 1 unspecified atom stereocenters. The fourth-order valence-electron chi connectivity index (χ4n) is 4.03. The minimum Gasteiger partial charge on any atom is -0.455 e. The number of anilines is 1. The maximum absolute atomic E-state index is 13.2. The van der Waals surface area contributed by atoms with Gasteiger partial charge in [0, 0.05) is 23.7 Å². The zero-order valence-electron chi connectivity index (χ0n) is 22.1. The second kappa shape index (κ2) is 12.2. The Labute approximate surface area is 243 Å². The molecule has 3 heterocycles. The minimum absolute atomic E-state index is 0.135. The average Bonchev–Trinajstić information content (AvgIpc) is 3.45. The first-order valence-corrected chi connectivity index (χ1v) is 12.6. The number of pyridine rings is 1. The molecule has 19 heteroatoms. The maximum Gasteiger partial charge on any atom is 0.573 e. The summed E-state index contributed by atoms with van der Waals surface area (Å²) in [6, 6.07) is 7.81. The van der Waals surface area contributed by atoms with Crippen molar-refractivity contribution in [3.05, 3.63) is 58.1 Å². The summed E-state index contributed by atoms with van der Waals surface area (Å²) in [5.41, 5.74) is 1.87. The number of aliphatic hydroxyl groups is 1. The van der Waals surface area contributed by atoms with Crippen LogP contribution in [-0.4, -0.2) is 67.2 Å². The van der Waals surface area contributed by atoms with Crippen LogP contribution < -0.4 is 20.9 Å². The first-order valence-electron chi connectivity index (χ1n) is 12.2. The summed E-state index contributed by atoms with van der Waals surface area (Å²) in [6.45, 7) is 0.820. The number of aliphatic imine (C=N–C) groups is 1. The topological polar surface area (TPSA) is 136 Å². The number of nitrogens with one attached hydrogen (secondary N) is 1. The van der Waals surface area contributed by atoms with E-state index in [2.05, 4.69) is 25.2 Å². The van der Waals surface area contributed by atoms with Crippen LogP contribution in [0.15, 0.2) is 52.4 Å². The van der Waals surface area contributed by atoms with E-state index in [1.54, 1.807) is 0 Å². The summed E-state index contributed by atoms with van der Waals surface area (Å²) in [4.78, 5) is 33.1. The number of halogens is 7. The molecule has 0 aliphatic carbocycles. The second-order valence-electron chi connectivity index (χ2n) is 9.06. The van der Waals surface area contributed by atoms with Crippen LogP contribution in [0.5, 0.6) is 5.75 Å². The molecule has 0 spiro atoms. The number of hydrogen-bond acceptors (Lipinski definition) is 10. The van der Waals surface area contributed by atoms with E-state index in [1.165, 1.54) is 37.3 Å². The number of alkyl halides is 6. The van der Waals surface area contributed by atoms with E-state index >= 15 is 0 Å². The van der Waals surface area contributed by atoms with Crippen molar-refractivity contribution >= 4 is 29.2 Å². The van der Waals surface area contributed by atoms with E-state index in [4.69, 9.17) is 16.3 Å². The van der Waals surface area contributed by atoms with Crippen molar-refractivity contribution in [3.8, 4) is 17.1 Å². The molecule has 0 fully saturated rings. The number of carbonyl (C=O) groups is 1. The molecule has 0 radical (unpaired) electrons. The van der Waals surface area contributed by atoms with E-state index in [1.807, 2.05) is 0 Å². The number of hydrazine groups is 1. The third-order valence-corrected chi connectivity index (χ3v) is 6.05. The standard InChI is InChI=1S/C24H22ClF6N7O5/c1-12(42-13(2)39)19-33-18(34-38(19)21-16(4-3-9-32-21)43-24(29,30)31)11-37-22(41)36(10-17(40)23(26,27)28)20(35-37)14-5-7-15(25)8-6-14/h3-9,12,17-18,34,40H,10-11H2,1-2H3/t12-,17+,18?/m1/s1. The van der Waals surface area contributed by atoms with Crippen molar-refractivity contribution in [2.75, 3.05) is 5.01 Å². The summed E-state index contributed by atoms with van der Waals surface area (Å²) in [5, 5.41) is 15.1. The van der Waals surface area contributed by atoms with Crippen LogP contribution in [-0.2, 0) is 22.6 Å². The maximum atomic E-state index is 13.2. The van der Waals surface area contributed by atoms with Crippen molar-refractivity contribution in [1.29, 1.82) is 0 Å². The highest BCUT2D eigenvalue weighted by atomic mass is 35.5. The molecule has 2 aromatic heterocycles. The van der Waals surface area contributed by atoms with Gasteiger partial charge in [0.2, 0.25) is 0 Å². The highest BCUT2D eigenvalue weighted by Crippen LogP contribution is 2.32. The van der Waals surface area contributed by atoms with Gasteiger partial charge < -0.3 is 14.6 Å². The van der Waals surface area contributed by atoms with Crippen LogP contribution >= 0.6 is 11.6 Å². The monoisotopic (exact) mass is 637 g/mol. The normalized spacial score (nSPS) is 17.0. The van der Waals surface area contributed by atoms with Crippen LogP contribution in [0.1, 0.15) is 13.8 Å². The Morgan fingerprint density at radius 3 is 2.44 bits per heavy atom. The smallest absolute Gasteiger partial charge is 0.455 e. The van der Waals surface area contributed by atoms with Crippen LogP contribution in [0.25, 0.3) is 11.4 Å². The van der Waals surface area contributed by atoms with Gasteiger partial charge in [-0.05, 0) is 43.3 Å². The number of ether oxygens (including phenoxy) is 2. The molecule has 1 aliphatic rings. The molecule has 0 saturated heterocycles. The van der Waals surface area contributed by atoms with Crippen molar-refractivity contribution in [3.63, 3.8) is 0 Å². The molecule has 4 rings (SSSR count). The number of nitrogens with zero attached hydrogens (tertiary/aromatic N) is 6. The molecule has 43 heavy (non-hydrogen) atoms. The van der Waals surface area contributed by atoms with Gasteiger partial charge in [-0.25, -0.2) is 29.9 Å². The lowest BCUT2D eigenvalue weighted by Crippen LogP contribution is -2.47. The van der Waals surface area contributed by atoms with Crippen LogP contribution in [0.4, 0.5) is 32.2 Å². The van der Waals surface area contributed by atoms with Crippen molar-refractivity contribution in [2.24, 2.45) is 4.99 Å².